The van der Waals surface area contributed by atoms with Gasteiger partial charge in [0.2, 0.25) is 0 Å². The Hall–Kier alpha value is -0.590. The second-order valence-corrected chi connectivity index (χ2v) is 7.36. The summed E-state index contributed by atoms with van der Waals surface area (Å²) in [5, 5.41) is 12.9. The molecule has 0 bridgehead atoms. The van der Waals surface area contributed by atoms with Gasteiger partial charge in [0.05, 0.1) is 12.2 Å². The normalized spacial score (nSPS) is 29.1. The molecule has 1 fully saturated rings. The molecule has 3 heteroatoms. The second-order valence-electron chi connectivity index (χ2n) is 7.36. The maximum Gasteiger partial charge on any atom is 0.106 e. The van der Waals surface area contributed by atoms with E-state index >= 15 is 0 Å². The van der Waals surface area contributed by atoms with Crippen molar-refractivity contribution in [2.75, 3.05) is 6.61 Å². The number of nitrogens with zero attached hydrogens (tertiary/aromatic N) is 1. The largest absolute Gasteiger partial charge is 0.378 e. The molecule has 1 N–H and O–H groups in total. The van der Waals surface area contributed by atoms with Gasteiger partial charge in [-0.05, 0) is 64.2 Å². The highest BCUT2D eigenvalue weighted by Crippen LogP contribution is 2.30. The number of nitrogens with one attached hydrogen (secondary N) is 1. The van der Waals surface area contributed by atoms with Crippen molar-refractivity contribution in [3.63, 3.8) is 0 Å². The van der Waals surface area contributed by atoms with Crippen LogP contribution in [0.1, 0.15) is 73.1 Å². The molecule has 0 heterocycles. The lowest BCUT2D eigenvalue weighted by atomic mass is 9.82. The maximum atomic E-state index is 9.49. The van der Waals surface area contributed by atoms with Crippen LogP contribution < -0.4 is 5.32 Å². The van der Waals surface area contributed by atoms with E-state index in [0.717, 1.165) is 37.7 Å². The third-order valence-corrected chi connectivity index (χ3v) is 4.62. The Morgan fingerprint density at radius 3 is 2.33 bits per heavy atom. The first-order valence-corrected chi connectivity index (χ1v) is 8.71. The zero-order valence-electron chi connectivity index (χ0n) is 14.6. The van der Waals surface area contributed by atoms with Crippen molar-refractivity contribution >= 4 is 0 Å². The van der Waals surface area contributed by atoms with E-state index in [1.54, 1.807) is 0 Å². The van der Waals surface area contributed by atoms with E-state index < -0.39 is 0 Å². The summed E-state index contributed by atoms with van der Waals surface area (Å²) in [5.74, 6) is 1.57. The van der Waals surface area contributed by atoms with Crippen LogP contribution in [0.3, 0.4) is 0 Å². The highest BCUT2D eigenvalue weighted by atomic mass is 16.5. The van der Waals surface area contributed by atoms with Crippen molar-refractivity contribution < 1.29 is 4.74 Å². The van der Waals surface area contributed by atoms with Crippen molar-refractivity contribution in [2.45, 2.75) is 90.8 Å². The molecule has 1 saturated carbocycles. The molecular weight excluding hydrogens is 260 g/mol. The predicted octanol–water partition coefficient (Wildman–Crippen LogP) is 4.28. The Labute approximate surface area is 131 Å². The number of hydrogen-bond donors (Lipinski definition) is 1. The van der Waals surface area contributed by atoms with Gasteiger partial charge in [-0.15, -0.1) is 0 Å². The lowest BCUT2D eigenvalue weighted by Gasteiger charge is -2.32. The van der Waals surface area contributed by atoms with Gasteiger partial charge >= 0.3 is 0 Å². The third-order valence-electron chi connectivity index (χ3n) is 4.62. The summed E-state index contributed by atoms with van der Waals surface area (Å²) in [5.41, 5.74) is -0.384. The summed E-state index contributed by atoms with van der Waals surface area (Å²) in [4.78, 5) is 0. The Bertz CT molecular complexity index is 327. The van der Waals surface area contributed by atoms with E-state index in [-0.39, 0.29) is 5.54 Å². The van der Waals surface area contributed by atoms with Crippen molar-refractivity contribution in [3.8, 4) is 6.07 Å². The first-order valence-electron chi connectivity index (χ1n) is 8.71. The fraction of sp³-hybridized carbons (Fsp3) is 0.944. The minimum atomic E-state index is -0.384. The van der Waals surface area contributed by atoms with E-state index in [4.69, 9.17) is 4.74 Å². The van der Waals surface area contributed by atoms with Gasteiger partial charge in [-0.2, -0.15) is 5.26 Å². The van der Waals surface area contributed by atoms with Crippen molar-refractivity contribution in [3.05, 3.63) is 0 Å². The monoisotopic (exact) mass is 294 g/mol. The average molecular weight is 294 g/mol. The molecule has 0 spiro atoms. The van der Waals surface area contributed by atoms with E-state index in [2.05, 4.69) is 46.0 Å². The van der Waals surface area contributed by atoms with E-state index in [1.807, 2.05) is 0 Å². The van der Waals surface area contributed by atoms with Gasteiger partial charge in [-0.1, -0.05) is 20.8 Å². The molecule has 21 heavy (non-hydrogen) atoms. The zero-order valence-corrected chi connectivity index (χ0v) is 14.6. The summed E-state index contributed by atoms with van der Waals surface area (Å²) in [6.07, 6.45) is 6.85. The Kier molecular flexibility index (Phi) is 7.70. The summed E-state index contributed by atoms with van der Waals surface area (Å²) < 4.78 is 6.08. The fourth-order valence-corrected chi connectivity index (χ4v) is 3.70. The molecule has 0 aromatic heterocycles. The van der Waals surface area contributed by atoms with Gasteiger partial charge in [0.1, 0.15) is 5.54 Å². The highest BCUT2D eigenvalue weighted by Gasteiger charge is 2.28. The van der Waals surface area contributed by atoms with Gasteiger partial charge in [0.15, 0.2) is 0 Å². The minimum absolute atomic E-state index is 0.338. The van der Waals surface area contributed by atoms with Gasteiger partial charge in [0, 0.05) is 12.6 Å². The first-order chi connectivity index (χ1) is 9.90. The summed E-state index contributed by atoms with van der Waals surface area (Å²) >= 11 is 0. The van der Waals surface area contributed by atoms with Crippen LogP contribution in [-0.4, -0.2) is 24.3 Å². The lowest BCUT2D eigenvalue weighted by Crippen LogP contribution is -2.47. The van der Waals surface area contributed by atoms with Crippen molar-refractivity contribution in [1.82, 2.24) is 5.32 Å². The fourth-order valence-electron chi connectivity index (χ4n) is 3.70. The molecule has 122 valence electrons. The summed E-state index contributed by atoms with van der Waals surface area (Å²) in [7, 11) is 0. The van der Waals surface area contributed by atoms with Gasteiger partial charge in [-0.3, -0.25) is 5.32 Å². The SMILES string of the molecule is CCC(C#N)(CCCOC1CC(C)CC(C)C1)NC(C)C. The molecule has 1 rings (SSSR count). The quantitative estimate of drug-likeness (QED) is 0.680. The molecule has 0 amide bonds. The molecule has 1 aliphatic carbocycles. The second kappa shape index (κ2) is 8.76. The van der Waals surface area contributed by atoms with Crippen LogP contribution in [0.25, 0.3) is 0 Å². The Morgan fingerprint density at radius 1 is 1.24 bits per heavy atom. The van der Waals surface area contributed by atoms with Crippen LogP contribution in [0.5, 0.6) is 0 Å². The van der Waals surface area contributed by atoms with Gasteiger partial charge in [-0.25, -0.2) is 0 Å². The van der Waals surface area contributed by atoms with Crippen LogP contribution in [0.2, 0.25) is 0 Å². The molecule has 3 nitrogen and oxygen atoms in total. The van der Waals surface area contributed by atoms with Gasteiger partial charge < -0.3 is 4.74 Å². The van der Waals surface area contributed by atoms with Crippen LogP contribution in [0.4, 0.5) is 0 Å². The molecule has 0 radical (unpaired) electrons. The number of ether oxygens (including phenoxy) is 1. The predicted molar refractivity (Wildman–Crippen MR) is 88.1 cm³/mol. The average Bonchev–Trinajstić information content (AvgIpc) is 2.41. The van der Waals surface area contributed by atoms with Crippen LogP contribution in [0, 0.1) is 23.2 Å². The highest BCUT2D eigenvalue weighted by molar-refractivity contribution is 5.06. The van der Waals surface area contributed by atoms with E-state index in [9.17, 15) is 5.26 Å². The molecule has 3 unspecified atom stereocenters. The number of rotatable bonds is 8. The molecule has 0 aromatic carbocycles. The van der Waals surface area contributed by atoms with Crippen LogP contribution in [0.15, 0.2) is 0 Å². The smallest absolute Gasteiger partial charge is 0.106 e. The standard InChI is InChI=1S/C18H34N2O/c1-6-18(13-19,20-14(2)3)8-7-9-21-17-11-15(4)10-16(5)12-17/h14-17,20H,6-12H2,1-5H3. The summed E-state index contributed by atoms with van der Waals surface area (Å²) in [6, 6.07) is 2.82. The molecule has 0 aliphatic heterocycles. The van der Waals surface area contributed by atoms with E-state index in [0.29, 0.717) is 12.1 Å². The topological polar surface area (TPSA) is 45.0 Å². The number of hydrogen-bond acceptors (Lipinski definition) is 3. The Balaban J connectivity index is 2.33. The van der Waals surface area contributed by atoms with Crippen LogP contribution >= 0.6 is 0 Å². The molecule has 1 aliphatic rings. The Morgan fingerprint density at radius 2 is 1.86 bits per heavy atom. The van der Waals surface area contributed by atoms with Crippen LogP contribution in [-0.2, 0) is 4.74 Å². The number of nitriles is 1. The molecular formula is C18H34N2O. The van der Waals surface area contributed by atoms with E-state index in [1.165, 1.54) is 19.3 Å². The molecule has 0 aromatic rings. The van der Waals surface area contributed by atoms with Crippen molar-refractivity contribution in [2.24, 2.45) is 11.8 Å². The van der Waals surface area contributed by atoms with Crippen molar-refractivity contribution in [1.29, 1.82) is 5.26 Å². The molecule has 0 saturated heterocycles. The summed E-state index contributed by atoms with van der Waals surface area (Å²) in [6.45, 7) is 11.7. The molecule has 3 atom stereocenters. The lowest BCUT2D eigenvalue weighted by molar-refractivity contribution is -0.00206. The minimum Gasteiger partial charge on any atom is -0.378 e. The zero-order chi connectivity index (χ0) is 15.9. The van der Waals surface area contributed by atoms with Gasteiger partial charge in [0.25, 0.3) is 0 Å². The third kappa shape index (κ3) is 6.36. The first kappa shape index (κ1) is 18.5. The maximum absolute atomic E-state index is 9.49.